The summed E-state index contributed by atoms with van der Waals surface area (Å²) in [6.07, 6.45) is 3.36. The van der Waals surface area contributed by atoms with Crippen LogP contribution in [0.1, 0.15) is 5.82 Å². The molecule has 0 fully saturated rings. The average molecular weight is 219 g/mol. The molecule has 0 amide bonds. The van der Waals surface area contributed by atoms with Crippen LogP contribution in [0, 0.1) is 0 Å². The van der Waals surface area contributed by atoms with Gasteiger partial charge in [0, 0.05) is 13.2 Å². The zero-order valence-corrected chi connectivity index (χ0v) is 9.21. The van der Waals surface area contributed by atoms with Crippen molar-refractivity contribution in [1.29, 1.82) is 0 Å². The highest BCUT2D eigenvalue weighted by atomic mass is 16.5. The second-order valence-electron chi connectivity index (χ2n) is 3.24. The molecule has 2 rings (SSSR count). The lowest BCUT2D eigenvalue weighted by atomic mass is 10.4. The molecule has 0 saturated heterocycles. The zero-order chi connectivity index (χ0) is 11.4. The molecule has 0 aromatic carbocycles. The Hall–Kier alpha value is -2.11. The van der Waals surface area contributed by atoms with Gasteiger partial charge in [-0.05, 0) is 12.1 Å². The molecular formula is C10H13N5O. The van der Waals surface area contributed by atoms with E-state index in [1.165, 1.54) is 0 Å². The maximum absolute atomic E-state index is 5.17. The topological polar surface area (TPSA) is 64.9 Å². The minimum absolute atomic E-state index is 0.522. The second-order valence-corrected chi connectivity index (χ2v) is 3.24. The molecule has 2 aromatic rings. The summed E-state index contributed by atoms with van der Waals surface area (Å²) in [6.45, 7) is 0.522. The van der Waals surface area contributed by atoms with E-state index < -0.39 is 0 Å². The monoisotopic (exact) mass is 219 g/mol. The standard InChI is InChI=1S/C10H13N5O/c1-15-7-13-9(14-15)6-12-10-8(16-2)4-3-5-11-10/h3-5,7H,6H2,1-2H3,(H,11,12). The van der Waals surface area contributed by atoms with E-state index in [1.54, 1.807) is 24.3 Å². The largest absolute Gasteiger partial charge is 0.493 e. The third kappa shape index (κ3) is 2.28. The average Bonchev–Trinajstić information content (AvgIpc) is 2.73. The lowest BCUT2D eigenvalue weighted by molar-refractivity contribution is 0.414. The smallest absolute Gasteiger partial charge is 0.169 e. The minimum Gasteiger partial charge on any atom is -0.493 e. The van der Waals surface area contributed by atoms with Gasteiger partial charge in [-0.25, -0.2) is 9.97 Å². The molecule has 0 aliphatic heterocycles. The normalized spacial score (nSPS) is 10.1. The van der Waals surface area contributed by atoms with E-state index in [0.29, 0.717) is 18.1 Å². The predicted octanol–water partition coefficient (Wildman–Crippen LogP) is 0.831. The van der Waals surface area contributed by atoms with Crippen molar-refractivity contribution < 1.29 is 4.74 Å². The van der Waals surface area contributed by atoms with Crippen LogP contribution in [0.3, 0.4) is 0 Å². The SMILES string of the molecule is COc1cccnc1NCc1ncn(C)n1. The Morgan fingerprint density at radius 3 is 3.00 bits per heavy atom. The van der Waals surface area contributed by atoms with Crippen molar-refractivity contribution in [2.24, 2.45) is 7.05 Å². The summed E-state index contributed by atoms with van der Waals surface area (Å²) in [4.78, 5) is 8.28. The number of methoxy groups -OCH3 is 1. The van der Waals surface area contributed by atoms with Crippen molar-refractivity contribution in [2.45, 2.75) is 6.54 Å². The predicted molar refractivity (Wildman–Crippen MR) is 59.1 cm³/mol. The van der Waals surface area contributed by atoms with Crippen LogP contribution in [0.25, 0.3) is 0 Å². The number of pyridine rings is 1. The van der Waals surface area contributed by atoms with Crippen LogP contribution in [0.5, 0.6) is 5.75 Å². The maximum Gasteiger partial charge on any atom is 0.169 e. The van der Waals surface area contributed by atoms with Gasteiger partial charge < -0.3 is 10.1 Å². The van der Waals surface area contributed by atoms with Crippen molar-refractivity contribution in [3.05, 3.63) is 30.5 Å². The first-order valence-electron chi connectivity index (χ1n) is 4.87. The van der Waals surface area contributed by atoms with E-state index in [4.69, 9.17) is 4.74 Å². The summed E-state index contributed by atoms with van der Waals surface area (Å²) in [6, 6.07) is 3.67. The molecule has 16 heavy (non-hydrogen) atoms. The first-order valence-corrected chi connectivity index (χ1v) is 4.87. The van der Waals surface area contributed by atoms with Gasteiger partial charge in [-0.3, -0.25) is 4.68 Å². The Kier molecular flexibility index (Phi) is 3.00. The zero-order valence-electron chi connectivity index (χ0n) is 9.21. The van der Waals surface area contributed by atoms with Crippen molar-refractivity contribution in [1.82, 2.24) is 19.7 Å². The van der Waals surface area contributed by atoms with E-state index in [9.17, 15) is 0 Å². The highest BCUT2D eigenvalue weighted by Gasteiger charge is 2.04. The number of hydrogen-bond donors (Lipinski definition) is 1. The maximum atomic E-state index is 5.17. The first kappa shape index (κ1) is 10.4. The Balaban J connectivity index is 2.04. The molecule has 0 atom stereocenters. The summed E-state index contributed by atoms with van der Waals surface area (Å²) in [7, 11) is 3.44. The number of anilines is 1. The van der Waals surface area contributed by atoms with Gasteiger partial charge in [0.25, 0.3) is 0 Å². The van der Waals surface area contributed by atoms with Crippen LogP contribution in [-0.4, -0.2) is 26.9 Å². The van der Waals surface area contributed by atoms with Gasteiger partial charge >= 0.3 is 0 Å². The molecule has 1 N–H and O–H groups in total. The van der Waals surface area contributed by atoms with Crippen molar-refractivity contribution >= 4 is 5.82 Å². The molecule has 84 valence electrons. The molecule has 0 bridgehead atoms. The molecule has 0 spiro atoms. The minimum atomic E-state index is 0.522. The quantitative estimate of drug-likeness (QED) is 0.825. The summed E-state index contributed by atoms with van der Waals surface area (Å²) in [5.41, 5.74) is 0. The Labute approximate surface area is 93.3 Å². The molecule has 0 aliphatic carbocycles. The van der Waals surface area contributed by atoms with Crippen LogP contribution in [-0.2, 0) is 13.6 Å². The van der Waals surface area contributed by atoms with E-state index in [2.05, 4.69) is 20.4 Å². The van der Waals surface area contributed by atoms with E-state index in [0.717, 1.165) is 5.82 Å². The molecule has 2 heterocycles. The molecular weight excluding hydrogens is 206 g/mol. The van der Waals surface area contributed by atoms with Crippen LogP contribution < -0.4 is 10.1 Å². The van der Waals surface area contributed by atoms with Gasteiger partial charge in [-0.2, -0.15) is 5.10 Å². The Bertz CT molecular complexity index is 468. The molecule has 2 aromatic heterocycles. The van der Waals surface area contributed by atoms with Gasteiger partial charge in [0.15, 0.2) is 17.4 Å². The third-order valence-electron chi connectivity index (χ3n) is 2.05. The number of rotatable bonds is 4. The van der Waals surface area contributed by atoms with Crippen LogP contribution >= 0.6 is 0 Å². The van der Waals surface area contributed by atoms with Gasteiger partial charge in [-0.1, -0.05) is 0 Å². The van der Waals surface area contributed by atoms with Crippen LogP contribution in [0.4, 0.5) is 5.82 Å². The van der Waals surface area contributed by atoms with Crippen molar-refractivity contribution in [2.75, 3.05) is 12.4 Å². The highest BCUT2D eigenvalue weighted by molar-refractivity contribution is 5.49. The van der Waals surface area contributed by atoms with Gasteiger partial charge in [0.1, 0.15) is 6.33 Å². The van der Waals surface area contributed by atoms with Gasteiger partial charge in [0.2, 0.25) is 0 Å². The molecule has 6 nitrogen and oxygen atoms in total. The lowest BCUT2D eigenvalue weighted by Crippen LogP contribution is -2.05. The summed E-state index contributed by atoms with van der Waals surface area (Å²) in [5.74, 6) is 2.12. The fourth-order valence-corrected chi connectivity index (χ4v) is 1.32. The number of ether oxygens (including phenoxy) is 1. The summed E-state index contributed by atoms with van der Waals surface area (Å²) in [5, 5.41) is 7.28. The number of aromatic nitrogens is 4. The fourth-order valence-electron chi connectivity index (χ4n) is 1.32. The molecule has 0 unspecified atom stereocenters. The molecule has 0 radical (unpaired) electrons. The lowest BCUT2D eigenvalue weighted by Gasteiger charge is -2.07. The van der Waals surface area contributed by atoms with E-state index in [-0.39, 0.29) is 0 Å². The van der Waals surface area contributed by atoms with Gasteiger partial charge in [-0.15, -0.1) is 0 Å². The first-order chi connectivity index (χ1) is 7.79. The molecule has 0 aliphatic rings. The van der Waals surface area contributed by atoms with Crippen molar-refractivity contribution in [3.8, 4) is 5.75 Å². The number of hydrogen-bond acceptors (Lipinski definition) is 5. The molecule has 6 heteroatoms. The highest BCUT2D eigenvalue weighted by Crippen LogP contribution is 2.19. The Morgan fingerprint density at radius 2 is 2.31 bits per heavy atom. The van der Waals surface area contributed by atoms with E-state index in [1.807, 2.05) is 19.2 Å². The van der Waals surface area contributed by atoms with Crippen LogP contribution in [0.2, 0.25) is 0 Å². The number of nitrogens with one attached hydrogen (secondary N) is 1. The molecule has 0 saturated carbocycles. The fraction of sp³-hybridized carbons (Fsp3) is 0.300. The second kappa shape index (κ2) is 4.61. The summed E-state index contributed by atoms with van der Waals surface area (Å²) >= 11 is 0. The van der Waals surface area contributed by atoms with Gasteiger partial charge in [0.05, 0.1) is 13.7 Å². The Morgan fingerprint density at radius 1 is 1.44 bits per heavy atom. The third-order valence-corrected chi connectivity index (χ3v) is 2.05. The van der Waals surface area contributed by atoms with Crippen LogP contribution in [0.15, 0.2) is 24.7 Å². The van der Waals surface area contributed by atoms with E-state index >= 15 is 0 Å². The number of nitrogens with zero attached hydrogens (tertiary/aromatic N) is 4. The number of aryl methyl sites for hydroxylation is 1. The van der Waals surface area contributed by atoms with Crippen molar-refractivity contribution in [3.63, 3.8) is 0 Å². The summed E-state index contributed by atoms with van der Waals surface area (Å²) < 4.78 is 6.83.